The minimum Gasteiger partial charge on any atom is -0.443 e. The maximum atomic E-state index is 12.7. The van der Waals surface area contributed by atoms with Crippen LogP contribution < -0.4 is 0 Å². The van der Waals surface area contributed by atoms with E-state index in [1.165, 1.54) is 16.0 Å². The van der Waals surface area contributed by atoms with Crippen molar-refractivity contribution in [2.24, 2.45) is 0 Å². The second-order valence-electron chi connectivity index (χ2n) is 7.69. The first-order valence-electron chi connectivity index (χ1n) is 8.88. The van der Waals surface area contributed by atoms with Gasteiger partial charge in [0.05, 0.1) is 24.5 Å². The van der Waals surface area contributed by atoms with Crippen LogP contribution in [0.4, 0.5) is 9.59 Å². The number of rotatable bonds is 3. The molecule has 2 aromatic rings. The molecule has 1 aromatic carbocycles. The molecule has 3 heterocycles. The number of imidazole rings is 1. The van der Waals surface area contributed by atoms with Crippen molar-refractivity contribution in [2.45, 2.75) is 45.6 Å². The Morgan fingerprint density at radius 2 is 2.00 bits per heavy atom. The van der Waals surface area contributed by atoms with Crippen molar-refractivity contribution in [2.75, 3.05) is 6.54 Å². The third kappa shape index (κ3) is 3.28. The standard InChI is InChI=1S/C19H22N4O4/c1-19(2,3)27-18(25)22-12-20-16-14(22)9-21-10-15(16)23(17(21)24)26-11-13-7-5-4-6-8-13/h4-8,12,15H,9-11H2,1-3H3. The van der Waals surface area contributed by atoms with Crippen molar-refractivity contribution >= 4 is 12.1 Å². The highest BCUT2D eigenvalue weighted by atomic mass is 16.7. The molecule has 8 nitrogen and oxygen atoms in total. The highest BCUT2D eigenvalue weighted by molar-refractivity contribution is 5.78. The first kappa shape index (κ1) is 17.5. The molecule has 1 aromatic heterocycles. The first-order chi connectivity index (χ1) is 12.8. The van der Waals surface area contributed by atoms with Crippen LogP contribution in [-0.2, 0) is 22.7 Å². The SMILES string of the molecule is CC(C)(C)OC(=O)n1cnc2c1CN1CC2N(OCc2ccccc2)C1=O. The predicted molar refractivity (Wildman–Crippen MR) is 95.5 cm³/mol. The van der Waals surface area contributed by atoms with Crippen LogP contribution in [0.15, 0.2) is 36.7 Å². The van der Waals surface area contributed by atoms with Crippen LogP contribution in [0.25, 0.3) is 0 Å². The van der Waals surface area contributed by atoms with Gasteiger partial charge in [0.25, 0.3) is 0 Å². The van der Waals surface area contributed by atoms with Crippen LogP contribution in [0.1, 0.15) is 43.8 Å². The van der Waals surface area contributed by atoms with E-state index in [2.05, 4.69) is 4.98 Å². The average molecular weight is 370 g/mol. The van der Waals surface area contributed by atoms with Crippen LogP contribution in [0.3, 0.4) is 0 Å². The molecule has 2 bridgehead atoms. The predicted octanol–water partition coefficient (Wildman–Crippen LogP) is 3.09. The van der Waals surface area contributed by atoms with E-state index in [0.29, 0.717) is 31.1 Å². The fourth-order valence-electron chi connectivity index (χ4n) is 3.30. The minimum absolute atomic E-state index is 0.218. The number of aromatic nitrogens is 2. The maximum absolute atomic E-state index is 12.7. The molecular formula is C19H22N4O4. The number of urea groups is 1. The Kier molecular flexibility index (Phi) is 4.15. The number of hydroxylamine groups is 2. The zero-order valence-electron chi connectivity index (χ0n) is 15.6. The second kappa shape index (κ2) is 6.38. The zero-order chi connectivity index (χ0) is 19.2. The summed E-state index contributed by atoms with van der Waals surface area (Å²) in [6.07, 6.45) is 0.961. The largest absolute Gasteiger partial charge is 0.443 e. The number of hydrogen-bond donors (Lipinski definition) is 0. The molecular weight excluding hydrogens is 348 g/mol. The summed E-state index contributed by atoms with van der Waals surface area (Å²) in [5, 5.41) is 1.37. The average Bonchev–Trinajstić information content (AvgIpc) is 3.14. The van der Waals surface area contributed by atoms with Crippen LogP contribution >= 0.6 is 0 Å². The number of benzene rings is 1. The smallest absolute Gasteiger partial charge is 0.420 e. The molecule has 4 rings (SSSR count). The van der Waals surface area contributed by atoms with Gasteiger partial charge in [-0.2, -0.15) is 5.06 Å². The summed E-state index contributed by atoms with van der Waals surface area (Å²) in [4.78, 5) is 37.0. The number of amides is 2. The quantitative estimate of drug-likeness (QED) is 0.830. The summed E-state index contributed by atoms with van der Waals surface area (Å²) in [6.45, 7) is 6.51. The van der Waals surface area contributed by atoms with Gasteiger partial charge in [-0.3, -0.25) is 4.84 Å². The number of carbonyl (C=O) groups excluding carboxylic acids is 2. The van der Waals surface area contributed by atoms with E-state index in [1.54, 1.807) is 4.90 Å². The Balaban J connectivity index is 1.55. The summed E-state index contributed by atoms with van der Waals surface area (Å²) in [7, 11) is 0. The molecule has 0 N–H and O–H groups in total. The minimum atomic E-state index is -0.608. The lowest BCUT2D eigenvalue weighted by atomic mass is 10.1. The monoisotopic (exact) mass is 370 g/mol. The van der Waals surface area contributed by atoms with Gasteiger partial charge in [-0.25, -0.2) is 19.1 Å². The van der Waals surface area contributed by atoms with Crippen LogP contribution in [-0.4, -0.2) is 43.8 Å². The molecule has 2 aliphatic rings. The molecule has 27 heavy (non-hydrogen) atoms. The van der Waals surface area contributed by atoms with Crippen LogP contribution in [0.5, 0.6) is 0 Å². The molecule has 0 spiro atoms. The summed E-state index contributed by atoms with van der Waals surface area (Å²) in [5.41, 5.74) is 1.71. The van der Waals surface area contributed by atoms with Gasteiger partial charge in [0.2, 0.25) is 0 Å². The van der Waals surface area contributed by atoms with Gasteiger partial charge in [0.1, 0.15) is 24.6 Å². The number of fused-ring (bicyclic) bond motifs is 4. The molecule has 0 radical (unpaired) electrons. The number of nitrogens with zero attached hydrogens (tertiary/aromatic N) is 4. The van der Waals surface area contributed by atoms with Gasteiger partial charge in [0.15, 0.2) is 0 Å². The maximum Gasteiger partial charge on any atom is 0.420 e. The lowest BCUT2D eigenvalue weighted by Gasteiger charge is -2.24. The van der Waals surface area contributed by atoms with Crippen LogP contribution in [0.2, 0.25) is 0 Å². The summed E-state index contributed by atoms with van der Waals surface area (Å²) in [5.74, 6) is 0. The Morgan fingerprint density at radius 3 is 2.70 bits per heavy atom. The summed E-state index contributed by atoms with van der Waals surface area (Å²) in [6, 6.07) is 9.10. The molecule has 8 heteroatoms. The fraction of sp³-hybridized carbons (Fsp3) is 0.421. The van der Waals surface area contributed by atoms with E-state index in [0.717, 1.165) is 5.56 Å². The highest BCUT2D eigenvalue weighted by Gasteiger charge is 2.47. The first-order valence-corrected chi connectivity index (χ1v) is 8.88. The second-order valence-corrected chi connectivity index (χ2v) is 7.69. The lowest BCUT2D eigenvalue weighted by molar-refractivity contribution is -0.142. The van der Waals surface area contributed by atoms with E-state index < -0.39 is 11.7 Å². The van der Waals surface area contributed by atoms with Crippen LogP contribution in [0, 0.1) is 0 Å². The summed E-state index contributed by atoms with van der Waals surface area (Å²) >= 11 is 0. The molecule has 1 unspecified atom stereocenters. The van der Waals surface area contributed by atoms with Crippen molar-refractivity contribution in [1.82, 2.24) is 19.5 Å². The topological polar surface area (TPSA) is 76.9 Å². The van der Waals surface area contributed by atoms with E-state index in [1.807, 2.05) is 51.1 Å². The molecule has 142 valence electrons. The Hall–Kier alpha value is -2.87. The summed E-state index contributed by atoms with van der Waals surface area (Å²) < 4.78 is 6.82. The van der Waals surface area contributed by atoms with Gasteiger partial charge in [-0.15, -0.1) is 0 Å². The highest BCUT2D eigenvalue weighted by Crippen LogP contribution is 2.37. The molecule has 0 saturated carbocycles. The van der Waals surface area contributed by atoms with Gasteiger partial charge >= 0.3 is 12.1 Å². The Morgan fingerprint density at radius 1 is 1.26 bits per heavy atom. The Bertz CT molecular complexity index is 872. The van der Waals surface area contributed by atoms with Gasteiger partial charge in [-0.05, 0) is 26.3 Å². The zero-order valence-corrected chi connectivity index (χ0v) is 15.6. The number of hydrogen-bond acceptors (Lipinski definition) is 5. The molecule has 0 aliphatic carbocycles. The van der Waals surface area contributed by atoms with Crippen molar-refractivity contribution < 1.29 is 19.2 Å². The van der Waals surface area contributed by atoms with E-state index >= 15 is 0 Å². The van der Waals surface area contributed by atoms with E-state index in [-0.39, 0.29) is 12.1 Å². The van der Waals surface area contributed by atoms with Gasteiger partial charge in [-0.1, -0.05) is 30.3 Å². The molecule has 1 saturated heterocycles. The van der Waals surface area contributed by atoms with E-state index in [4.69, 9.17) is 9.57 Å². The number of ether oxygens (including phenoxy) is 1. The van der Waals surface area contributed by atoms with E-state index in [9.17, 15) is 9.59 Å². The lowest BCUT2D eigenvalue weighted by Crippen LogP contribution is -2.32. The molecule has 2 amide bonds. The molecule has 1 atom stereocenters. The molecule has 2 aliphatic heterocycles. The van der Waals surface area contributed by atoms with Crippen molar-refractivity contribution in [3.05, 3.63) is 53.6 Å². The third-order valence-corrected chi connectivity index (χ3v) is 4.49. The van der Waals surface area contributed by atoms with Crippen molar-refractivity contribution in [1.29, 1.82) is 0 Å². The van der Waals surface area contributed by atoms with Gasteiger partial charge < -0.3 is 9.64 Å². The van der Waals surface area contributed by atoms with Gasteiger partial charge in [0, 0.05) is 0 Å². The molecule has 1 fully saturated rings. The van der Waals surface area contributed by atoms with Crippen molar-refractivity contribution in [3.8, 4) is 0 Å². The number of carbonyl (C=O) groups is 2. The Labute approximate surface area is 157 Å². The third-order valence-electron chi connectivity index (χ3n) is 4.49. The normalized spacial score (nSPS) is 18.6. The van der Waals surface area contributed by atoms with Crippen molar-refractivity contribution in [3.63, 3.8) is 0 Å². The fourth-order valence-corrected chi connectivity index (χ4v) is 3.30.